The molecule has 0 aromatic heterocycles. The lowest BCUT2D eigenvalue weighted by molar-refractivity contribution is -0.136. The Morgan fingerprint density at radius 1 is 0.896 bits per heavy atom. The van der Waals surface area contributed by atoms with Crippen molar-refractivity contribution < 1.29 is 34.2 Å². The summed E-state index contributed by atoms with van der Waals surface area (Å²) in [7, 11) is 0. The highest BCUT2D eigenvalue weighted by molar-refractivity contribution is 6.25. The third-order valence-electron chi connectivity index (χ3n) is 9.84. The summed E-state index contributed by atoms with van der Waals surface area (Å²) in [5, 5.41) is 22.9. The van der Waals surface area contributed by atoms with Gasteiger partial charge in [0.25, 0.3) is 17.7 Å². The number of piperidine rings is 1. The first-order chi connectivity index (χ1) is 23.0. The predicted octanol–water partition coefficient (Wildman–Crippen LogP) is 3.10. The van der Waals surface area contributed by atoms with Gasteiger partial charge in [-0.1, -0.05) is 38.1 Å². The Morgan fingerprint density at radius 2 is 1.65 bits per heavy atom. The number of fused-ring (bicyclic) bond motifs is 2. The molecule has 5 amide bonds. The summed E-state index contributed by atoms with van der Waals surface area (Å²) in [6, 6.07) is 13.3. The number of anilines is 1. The molecule has 0 bridgehead atoms. The molecule has 12 heteroatoms. The van der Waals surface area contributed by atoms with E-state index in [2.05, 4.69) is 33.3 Å². The molecule has 7 rings (SSSR count). The van der Waals surface area contributed by atoms with E-state index in [-0.39, 0.29) is 47.3 Å². The normalized spacial score (nSPS) is 19.6. The van der Waals surface area contributed by atoms with Crippen LogP contribution >= 0.6 is 0 Å². The number of nitrogens with one attached hydrogen (secondary N) is 1. The summed E-state index contributed by atoms with van der Waals surface area (Å²) >= 11 is 0. The van der Waals surface area contributed by atoms with E-state index in [1.807, 2.05) is 19.9 Å². The SMILES string of the molecule is CC(C)c1cc(C(=O)N2Cc3ccc(CN4CCN(c5cccc6c5C(=O)N(C5CCC(=O)NC5=O)C6=O)CC4)cc3C2)c(O)cc1O. The van der Waals surface area contributed by atoms with Crippen LogP contribution in [0.15, 0.2) is 48.5 Å². The Bertz CT molecular complexity index is 1880. The first kappa shape index (κ1) is 31.4. The van der Waals surface area contributed by atoms with Crippen LogP contribution in [0.25, 0.3) is 0 Å². The molecule has 4 aliphatic rings. The molecule has 0 spiro atoms. The standard InChI is InChI=1S/C36H37N5O7/c1-20(2)25-15-26(30(43)16-29(25)42)34(46)40-18-22-7-6-21(14-23(22)19-40)17-38-10-12-39(13-11-38)27-5-3-4-24-32(27)36(48)41(35(24)47)28-8-9-31(44)37-33(28)45/h3-7,14-16,20,28,42-43H,8-13,17-19H2,1-2H3,(H,37,44,45). The zero-order valence-corrected chi connectivity index (χ0v) is 26.9. The zero-order valence-electron chi connectivity index (χ0n) is 26.9. The molecule has 2 saturated heterocycles. The highest BCUT2D eigenvalue weighted by atomic mass is 16.3. The van der Waals surface area contributed by atoms with Gasteiger partial charge in [-0.2, -0.15) is 0 Å². The fraction of sp³-hybridized carbons (Fsp3) is 0.361. The van der Waals surface area contributed by atoms with Gasteiger partial charge in [0, 0.05) is 58.3 Å². The summed E-state index contributed by atoms with van der Waals surface area (Å²) in [6.45, 7) is 8.13. The molecule has 2 fully saturated rings. The van der Waals surface area contributed by atoms with Gasteiger partial charge in [-0.25, -0.2) is 0 Å². The number of hydrogen-bond donors (Lipinski definition) is 3. The number of phenols is 2. The second kappa shape index (κ2) is 12.1. The van der Waals surface area contributed by atoms with Crippen LogP contribution in [0.3, 0.4) is 0 Å². The van der Waals surface area contributed by atoms with E-state index < -0.39 is 29.7 Å². The van der Waals surface area contributed by atoms with Crippen LogP contribution in [0.1, 0.15) is 85.9 Å². The van der Waals surface area contributed by atoms with Crippen molar-refractivity contribution in [3.05, 3.63) is 87.5 Å². The molecule has 4 heterocycles. The van der Waals surface area contributed by atoms with Gasteiger partial charge in [-0.05, 0) is 52.8 Å². The summed E-state index contributed by atoms with van der Waals surface area (Å²) in [5.74, 6) is -2.60. The minimum Gasteiger partial charge on any atom is -0.508 e. The molecule has 1 unspecified atom stereocenters. The Hall–Kier alpha value is -5.23. The molecular formula is C36H37N5O7. The highest BCUT2D eigenvalue weighted by Gasteiger charge is 2.46. The van der Waals surface area contributed by atoms with Gasteiger partial charge >= 0.3 is 0 Å². The summed E-state index contributed by atoms with van der Waals surface area (Å²) in [6.07, 6.45) is 0.186. The topological polar surface area (TPSA) is 151 Å². The third-order valence-corrected chi connectivity index (χ3v) is 9.84. The van der Waals surface area contributed by atoms with Crippen LogP contribution < -0.4 is 10.2 Å². The minimum atomic E-state index is -1.00. The van der Waals surface area contributed by atoms with E-state index >= 15 is 0 Å². The number of benzene rings is 3. The number of rotatable bonds is 6. The molecule has 1 atom stereocenters. The number of phenolic OH excluding ortho intramolecular Hbond substituents is 2. The zero-order chi connectivity index (χ0) is 33.9. The molecule has 3 aromatic carbocycles. The Kier molecular flexibility index (Phi) is 7.90. The maximum Gasteiger partial charge on any atom is 0.264 e. The fourth-order valence-corrected chi connectivity index (χ4v) is 7.25. The van der Waals surface area contributed by atoms with Crippen LogP contribution in [0, 0.1) is 0 Å². The number of carbonyl (C=O) groups excluding carboxylic acids is 5. The van der Waals surface area contributed by atoms with E-state index in [9.17, 15) is 34.2 Å². The number of carbonyl (C=O) groups is 5. The van der Waals surface area contributed by atoms with E-state index in [1.54, 1.807) is 23.1 Å². The van der Waals surface area contributed by atoms with Crippen LogP contribution in [0.4, 0.5) is 5.69 Å². The molecule has 0 aliphatic carbocycles. The number of piperazine rings is 1. The van der Waals surface area contributed by atoms with Crippen LogP contribution in [0.2, 0.25) is 0 Å². The molecule has 0 saturated carbocycles. The van der Waals surface area contributed by atoms with Gasteiger partial charge in [0.15, 0.2) is 0 Å². The van der Waals surface area contributed by atoms with E-state index in [1.165, 1.54) is 6.07 Å². The van der Waals surface area contributed by atoms with E-state index in [0.717, 1.165) is 34.7 Å². The molecule has 3 aromatic rings. The average molecular weight is 652 g/mol. The molecule has 248 valence electrons. The van der Waals surface area contributed by atoms with Crippen molar-refractivity contribution in [1.29, 1.82) is 0 Å². The average Bonchev–Trinajstić information content (AvgIpc) is 3.59. The van der Waals surface area contributed by atoms with E-state index in [0.29, 0.717) is 49.5 Å². The van der Waals surface area contributed by atoms with Gasteiger partial charge < -0.3 is 20.0 Å². The quantitative estimate of drug-likeness (QED) is 0.342. The molecule has 0 radical (unpaired) electrons. The minimum absolute atomic E-state index is 0.00658. The number of nitrogens with zero attached hydrogens (tertiary/aromatic N) is 4. The van der Waals surface area contributed by atoms with Crippen molar-refractivity contribution in [3.8, 4) is 11.5 Å². The lowest BCUT2D eigenvalue weighted by Gasteiger charge is -2.37. The molecule has 4 aliphatic heterocycles. The Morgan fingerprint density at radius 3 is 2.38 bits per heavy atom. The van der Waals surface area contributed by atoms with Crippen LogP contribution in [-0.4, -0.2) is 86.7 Å². The predicted molar refractivity (Wildman–Crippen MR) is 174 cm³/mol. The number of hydrogen-bond acceptors (Lipinski definition) is 9. The molecule has 48 heavy (non-hydrogen) atoms. The van der Waals surface area contributed by atoms with Crippen molar-refractivity contribution >= 4 is 35.2 Å². The number of amides is 5. The van der Waals surface area contributed by atoms with E-state index in [4.69, 9.17) is 0 Å². The summed E-state index contributed by atoms with van der Waals surface area (Å²) in [4.78, 5) is 71.5. The lowest BCUT2D eigenvalue weighted by atomic mass is 9.98. The highest BCUT2D eigenvalue weighted by Crippen LogP contribution is 2.36. The van der Waals surface area contributed by atoms with Gasteiger partial charge in [0.05, 0.1) is 22.4 Å². The van der Waals surface area contributed by atoms with Gasteiger partial charge in [0.1, 0.15) is 17.5 Å². The van der Waals surface area contributed by atoms with Crippen molar-refractivity contribution in [2.24, 2.45) is 0 Å². The second-order valence-electron chi connectivity index (χ2n) is 13.3. The number of aromatic hydroxyl groups is 2. The molecule has 12 nitrogen and oxygen atoms in total. The van der Waals surface area contributed by atoms with Gasteiger partial charge in [0.2, 0.25) is 11.8 Å². The van der Waals surface area contributed by atoms with Gasteiger partial charge in [-0.3, -0.25) is 39.1 Å². The summed E-state index contributed by atoms with van der Waals surface area (Å²) < 4.78 is 0. The van der Waals surface area contributed by atoms with Crippen LogP contribution in [0.5, 0.6) is 11.5 Å². The lowest BCUT2D eigenvalue weighted by Crippen LogP contribution is -2.54. The maximum absolute atomic E-state index is 13.6. The smallest absolute Gasteiger partial charge is 0.264 e. The number of imide groups is 2. The summed E-state index contributed by atoms with van der Waals surface area (Å²) in [5.41, 5.74) is 5.28. The Labute approximate surface area is 277 Å². The van der Waals surface area contributed by atoms with Crippen molar-refractivity contribution in [3.63, 3.8) is 0 Å². The molecular weight excluding hydrogens is 614 g/mol. The van der Waals surface area contributed by atoms with Crippen molar-refractivity contribution in [2.45, 2.75) is 58.3 Å². The van der Waals surface area contributed by atoms with Crippen LogP contribution in [-0.2, 0) is 29.2 Å². The van der Waals surface area contributed by atoms with Crippen molar-refractivity contribution in [1.82, 2.24) is 20.0 Å². The van der Waals surface area contributed by atoms with Crippen molar-refractivity contribution in [2.75, 3.05) is 31.1 Å². The monoisotopic (exact) mass is 651 g/mol. The first-order valence-electron chi connectivity index (χ1n) is 16.3. The largest absolute Gasteiger partial charge is 0.508 e. The van der Waals surface area contributed by atoms with Gasteiger partial charge in [-0.15, -0.1) is 0 Å². The second-order valence-corrected chi connectivity index (χ2v) is 13.3. The third kappa shape index (κ3) is 5.45. The molecule has 3 N–H and O–H groups in total. The first-order valence-corrected chi connectivity index (χ1v) is 16.3. The Balaban J connectivity index is 0.994. The maximum atomic E-state index is 13.6. The fourth-order valence-electron chi connectivity index (χ4n) is 7.25.